The Kier molecular flexibility index (Phi) is 6.16. The van der Waals surface area contributed by atoms with Crippen LogP contribution in [0.2, 0.25) is 0 Å². The smallest absolute Gasteiger partial charge is 0.282 e. The summed E-state index contributed by atoms with van der Waals surface area (Å²) in [7, 11) is -2.92. The van der Waals surface area contributed by atoms with Crippen LogP contribution < -0.4 is 15.6 Å². The van der Waals surface area contributed by atoms with E-state index in [9.17, 15) is 23.1 Å². The lowest BCUT2D eigenvalue weighted by molar-refractivity contribution is -0.122. The Hall–Kier alpha value is -4.05. The second-order valence-electron chi connectivity index (χ2n) is 7.70. The molecule has 0 fully saturated rings. The van der Waals surface area contributed by atoms with Crippen LogP contribution in [0.25, 0.3) is 10.9 Å². The van der Waals surface area contributed by atoms with Gasteiger partial charge in [-0.15, -0.1) is 0 Å². The zero-order chi connectivity index (χ0) is 24.5. The monoisotopic (exact) mass is 481 g/mol. The highest BCUT2D eigenvalue weighted by molar-refractivity contribution is 7.90. The predicted octanol–water partition coefficient (Wildman–Crippen LogP) is 2.38. The topological polar surface area (TPSA) is 120 Å². The first-order valence-corrected chi connectivity index (χ1v) is 11.8. The van der Waals surface area contributed by atoms with Crippen molar-refractivity contribution in [3.63, 3.8) is 0 Å². The van der Waals surface area contributed by atoms with E-state index in [1.54, 1.807) is 6.92 Å². The van der Waals surface area contributed by atoms with E-state index in [0.717, 1.165) is 20.4 Å². The minimum atomic E-state index is -4.35. The number of phenolic OH excluding ortho intramolecular Hbond substituents is 1. The predicted molar refractivity (Wildman–Crippen MR) is 126 cm³/mol. The van der Waals surface area contributed by atoms with Crippen LogP contribution in [0, 0.1) is 6.92 Å². The molecule has 1 amide bonds. The Labute approximate surface area is 195 Å². The molecule has 0 saturated heterocycles. The Balaban J connectivity index is 1.81. The number of fused-ring (bicyclic) bond motifs is 1. The van der Waals surface area contributed by atoms with Crippen molar-refractivity contribution in [2.45, 2.75) is 24.9 Å². The average Bonchev–Trinajstić information content (AvgIpc) is 3.11. The minimum Gasteiger partial charge on any atom is -0.508 e. The lowest BCUT2D eigenvalue weighted by Crippen LogP contribution is -2.35. The molecule has 2 N–H and O–H groups in total. The maximum atomic E-state index is 13.6. The zero-order valence-electron chi connectivity index (χ0n) is 18.6. The molecule has 0 aliphatic carbocycles. The SMILES string of the molecule is COc1ccc2c(c1)c(=O)n(CC(=O)NCc1ccccc1)n2S(=O)(=O)c1ccc(C)c(O)c1. The van der Waals surface area contributed by atoms with Crippen LogP contribution in [-0.2, 0) is 27.9 Å². The summed E-state index contributed by atoms with van der Waals surface area (Å²) >= 11 is 0. The Morgan fingerprint density at radius 2 is 1.79 bits per heavy atom. The van der Waals surface area contributed by atoms with Crippen LogP contribution in [0.4, 0.5) is 0 Å². The third kappa shape index (κ3) is 4.27. The number of carbonyl (C=O) groups is 1. The van der Waals surface area contributed by atoms with Gasteiger partial charge in [-0.2, -0.15) is 12.5 Å². The second kappa shape index (κ2) is 9.06. The number of ether oxygens (including phenoxy) is 1. The van der Waals surface area contributed by atoms with Gasteiger partial charge in [-0.3, -0.25) is 9.59 Å². The van der Waals surface area contributed by atoms with Crippen molar-refractivity contribution in [1.82, 2.24) is 14.1 Å². The van der Waals surface area contributed by atoms with Gasteiger partial charge < -0.3 is 15.2 Å². The van der Waals surface area contributed by atoms with Gasteiger partial charge in [0, 0.05) is 12.6 Å². The van der Waals surface area contributed by atoms with E-state index in [0.29, 0.717) is 11.3 Å². The summed E-state index contributed by atoms with van der Waals surface area (Å²) in [4.78, 5) is 25.7. The highest BCUT2D eigenvalue weighted by Gasteiger charge is 2.27. The molecular formula is C24H23N3O6S. The molecule has 9 nitrogen and oxygen atoms in total. The normalized spacial score (nSPS) is 11.5. The van der Waals surface area contributed by atoms with Gasteiger partial charge in [-0.25, -0.2) is 4.68 Å². The van der Waals surface area contributed by atoms with Crippen LogP contribution in [0.1, 0.15) is 11.1 Å². The fourth-order valence-electron chi connectivity index (χ4n) is 3.57. The van der Waals surface area contributed by atoms with E-state index in [1.807, 2.05) is 30.3 Å². The molecule has 1 aromatic heterocycles. The van der Waals surface area contributed by atoms with Crippen LogP contribution in [-0.4, -0.2) is 35.3 Å². The number of hydrogen-bond donors (Lipinski definition) is 2. The number of methoxy groups -OCH3 is 1. The molecule has 4 aromatic rings. The van der Waals surface area contributed by atoms with E-state index in [4.69, 9.17) is 4.74 Å². The molecule has 0 radical (unpaired) electrons. The fourth-order valence-corrected chi connectivity index (χ4v) is 5.07. The molecule has 0 aliphatic rings. The summed E-state index contributed by atoms with van der Waals surface area (Å²) in [5.74, 6) is -0.370. The molecule has 0 aliphatic heterocycles. The Morgan fingerprint density at radius 3 is 2.47 bits per heavy atom. The summed E-state index contributed by atoms with van der Waals surface area (Å²) < 4.78 is 34.0. The van der Waals surface area contributed by atoms with E-state index in [-0.39, 0.29) is 28.1 Å². The van der Waals surface area contributed by atoms with Crippen molar-refractivity contribution in [2.75, 3.05) is 7.11 Å². The molecule has 0 unspecified atom stereocenters. The van der Waals surface area contributed by atoms with Crippen LogP contribution in [0.5, 0.6) is 11.5 Å². The second-order valence-corrected chi connectivity index (χ2v) is 9.47. The maximum Gasteiger partial charge on any atom is 0.282 e. The minimum absolute atomic E-state index is 0.0788. The van der Waals surface area contributed by atoms with Crippen molar-refractivity contribution in [3.05, 3.63) is 88.2 Å². The molecule has 1 heterocycles. The van der Waals surface area contributed by atoms with E-state index < -0.39 is 28.0 Å². The molecule has 10 heteroatoms. The molecule has 0 atom stereocenters. The lowest BCUT2D eigenvalue weighted by Gasteiger charge is -2.14. The number of aromatic nitrogens is 2. The summed E-state index contributed by atoms with van der Waals surface area (Å²) in [6.07, 6.45) is 0. The molecule has 0 bridgehead atoms. The number of nitrogens with zero attached hydrogens (tertiary/aromatic N) is 2. The van der Waals surface area contributed by atoms with Crippen molar-refractivity contribution >= 4 is 26.8 Å². The number of nitrogens with one attached hydrogen (secondary N) is 1. The number of aryl methyl sites for hydroxylation is 1. The summed E-state index contributed by atoms with van der Waals surface area (Å²) in [5, 5.41) is 12.9. The van der Waals surface area contributed by atoms with Gasteiger partial charge in [-0.05, 0) is 42.3 Å². The van der Waals surface area contributed by atoms with E-state index >= 15 is 0 Å². The quantitative estimate of drug-likeness (QED) is 0.418. The largest absolute Gasteiger partial charge is 0.508 e. The van der Waals surface area contributed by atoms with Gasteiger partial charge in [0.25, 0.3) is 15.6 Å². The van der Waals surface area contributed by atoms with Crippen LogP contribution in [0.15, 0.2) is 76.4 Å². The van der Waals surface area contributed by atoms with Crippen molar-refractivity contribution in [2.24, 2.45) is 0 Å². The standard InChI is InChI=1S/C24H23N3O6S/c1-16-8-10-19(13-22(16)28)34(31,32)27-21-11-9-18(33-2)12-20(21)24(30)26(27)15-23(29)25-14-17-6-4-3-5-7-17/h3-13,28H,14-15H2,1-2H3,(H,25,29). The molecule has 3 aromatic carbocycles. The number of phenols is 1. The molecular weight excluding hydrogens is 458 g/mol. The molecule has 34 heavy (non-hydrogen) atoms. The number of rotatable bonds is 7. The first-order chi connectivity index (χ1) is 16.2. The highest BCUT2D eigenvalue weighted by atomic mass is 32.2. The van der Waals surface area contributed by atoms with Gasteiger partial charge >= 0.3 is 0 Å². The summed E-state index contributed by atoms with van der Waals surface area (Å²) in [6, 6.07) is 17.5. The highest BCUT2D eigenvalue weighted by Crippen LogP contribution is 2.26. The molecule has 176 valence electrons. The van der Waals surface area contributed by atoms with E-state index in [1.165, 1.54) is 37.4 Å². The molecule has 0 saturated carbocycles. The van der Waals surface area contributed by atoms with Crippen LogP contribution >= 0.6 is 0 Å². The third-order valence-electron chi connectivity index (χ3n) is 5.43. The van der Waals surface area contributed by atoms with Crippen molar-refractivity contribution in [1.29, 1.82) is 0 Å². The number of benzene rings is 3. The first-order valence-electron chi connectivity index (χ1n) is 10.4. The molecule has 0 spiro atoms. The summed E-state index contributed by atoms with van der Waals surface area (Å²) in [5.41, 5.74) is 0.778. The van der Waals surface area contributed by atoms with Gasteiger partial charge in [0.1, 0.15) is 18.0 Å². The van der Waals surface area contributed by atoms with Gasteiger partial charge in [-0.1, -0.05) is 36.4 Å². The first kappa shape index (κ1) is 23.1. The van der Waals surface area contributed by atoms with Gasteiger partial charge in [0.05, 0.1) is 22.9 Å². The van der Waals surface area contributed by atoms with Crippen LogP contribution in [0.3, 0.4) is 0 Å². The third-order valence-corrected chi connectivity index (χ3v) is 7.12. The Bertz CT molecular complexity index is 1540. The van der Waals surface area contributed by atoms with Crippen molar-refractivity contribution < 1.29 is 23.1 Å². The van der Waals surface area contributed by atoms with Gasteiger partial charge in [0.15, 0.2) is 0 Å². The number of amides is 1. The number of hydrogen-bond acceptors (Lipinski definition) is 6. The number of carbonyl (C=O) groups excluding carboxylic acids is 1. The lowest BCUT2D eigenvalue weighted by atomic mass is 10.2. The zero-order valence-corrected chi connectivity index (χ0v) is 19.4. The summed E-state index contributed by atoms with van der Waals surface area (Å²) in [6.45, 7) is 1.33. The number of aromatic hydroxyl groups is 1. The van der Waals surface area contributed by atoms with E-state index in [2.05, 4.69) is 5.32 Å². The average molecular weight is 482 g/mol. The Morgan fingerprint density at radius 1 is 1.06 bits per heavy atom. The maximum absolute atomic E-state index is 13.6. The fraction of sp³-hybridized carbons (Fsp3) is 0.167. The molecule has 4 rings (SSSR count). The van der Waals surface area contributed by atoms with Gasteiger partial charge in [0.2, 0.25) is 5.91 Å². The van der Waals surface area contributed by atoms with Crippen molar-refractivity contribution in [3.8, 4) is 11.5 Å².